The molecule has 0 unspecified atom stereocenters. The molecule has 0 aliphatic heterocycles. The van der Waals surface area contributed by atoms with Gasteiger partial charge in [0, 0.05) is 42.1 Å². The molecule has 1 aliphatic rings. The van der Waals surface area contributed by atoms with E-state index in [9.17, 15) is 0 Å². The van der Waals surface area contributed by atoms with Crippen LogP contribution < -0.4 is 9.80 Å². The predicted molar refractivity (Wildman–Crippen MR) is 166 cm³/mol. The summed E-state index contributed by atoms with van der Waals surface area (Å²) in [6.07, 6.45) is 9.79. The van der Waals surface area contributed by atoms with Gasteiger partial charge in [0.1, 0.15) is 6.79 Å². The summed E-state index contributed by atoms with van der Waals surface area (Å²) in [5.41, 5.74) is 1.08. The van der Waals surface area contributed by atoms with Gasteiger partial charge in [0.05, 0.1) is 39.3 Å². The molecule has 1 rings (SSSR count). The molecule has 0 spiro atoms. The van der Waals surface area contributed by atoms with E-state index in [0.717, 1.165) is 0 Å². The van der Waals surface area contributed by atoms with E-state index >= 15 is 0 Å². The van der Waals surface area contributed by atoms with Gasteiger partial charge in [-0.1, -0.05) is 114 Å². The maximum atomic E-state index is 8.00. The Morgan fingerprint density at radius 3 is 0.568 bits per heavy atom. The monoisotopic (exact) mass is 875 g/mol. The average molecular weight is 875 g/mol. The van der Waals surface area contributed by atoms with Crippen LogP contribution in [0.1, 0.15) is 156 Å². The van der Waals surface area contributed by atoms with Crippen LogP contribution >= 0.6 is 0 Å². The fraction of sp³-hybridized carbons (Fsp3) is 0.969. The summed E-state index contributed by atoms with van der Waals surface area (Å²) in [6.45, 7) is 45.1. The zero-order valence-electron chi connectivity index (χ0n) is 29.1. The van der Waals surface area contributed by atoms with Crippen molar-refractivity contribution >= 4 is 6.79 Å². The van der Waals surface area contributed by atoms with E-state index in [1.807, 2.05) is 6.79 Å². The van der Waals surface area contributed by atoms with Crippen LogP contribution in [0.25, 0.3) is 0 Å². The molecule has 2 N–H and O–H groups in total. The van der Waals surface area contributed by atoms with Crippen LogP contribution in [0.2, 0.25) is 0 Å². The van der Waals surface area contributed by atoms with Gasteiger partial charge < -0.3 is 14.6 Å². The number of carbonyl (C=O) groups excluding carboxylic acids is 1. The Labute approximate surface area is 268 Å². The molecule has 0 aromatic carbocycles. The van der Waals surface area contributed by atoms with Crippen LogP contribution in [0.15, 0.2) is 0 Å². The van der Waals surface area contributed by atoms with Crippen molar-refractivity contribution in [1.82, 2.24) is 0 Å². The van der Waals surface area contributed by atoms with Crippen LogP contribution in [-0.4, -0.2) is 46.1 Å². The third-order valence-corrected chi connectivity index (χ3v) is 6.12. The number of hydrogen-bond acceptors (Lipinski definition) is 1. The average Bonchev–Trinajstić information content (AvgIpc) is 2.77. The molecule has 0 heterocycles. The summed E-state index contributed by atoms with van der Waals surface area (Å²) in [4.78, 5) is 11.4. The first-order chi connectivity index (χ1) is 16.2. The maximum Gasteiger partial charge on any atom is 0.106 e. The van der Waals surface area contributed by atoms with E-state index in [-0.39, 0.29) is 42.1 Å². The quantitative estimate of drug-likeness (QED) is 0.284. The minimum absolute atomic E-state index is 0. The number of quaternary nitrogens is 2. The van der Waals surface area contributed by atoms with Crippen LogP contribution in [-0.2, 0) is 46.9 Å². The Hall–Kier alpha value is 0.967. The molecule has 1 saturated carbocycles. The molecule has 0 radical (unpaired) electrons. The Balaban J connectivity index is -0.0000000450. The van der Waals surface area contributed by atoms with E-state index in [0.29, 0.717) is 10.8 Å². The maximum absolute atomic E-state index is 8.00. The fourth-order valence-corrected chi connectivity index (χ4v) is 1.75. The van der Waals surface area contributed by atoms with E-state index in [1.54, 1.807) is 9.80 Å². The summed E-state index contributed by atoms with van der Waals surface area (Å²) < 4.78 is 0. The summed E-state index contributed by atoms with van der Waals surface area (Å²) in [5.74, 6) is 0. The second-order valence-electron chi connectivity index (χ2n) is 11.6. The van der Waals surface area contributed by atoms with E-state index in [4.69, 9.17) is 4.79 Å². The molecule has 3 nitrogen and oxygen atoms in total. The van der Waals surface area contributed by atoms with E-state index in [1.165, 1.54) is 84.2 Å². The van der Waals surface area contributed by atoms with Crippen LogP contribution in [0.3, 0.4) is 0 Å². The molecule has 232 valence electrons. The second kappa shape index (κ2) is 46.8. The Bertz CT molecular complexity index is 277. The van der Waals surface area contributed by atoms with Crippen molar-refractivity contribution in [3.63, 3.8) is 0 Å². The van der Waals surface area contributed by atoms with Crippen LogP contribution in [0.5, 0.6) is 0 Å². The molecule has 0 saturated heterocycles. The van der Waals surface area contributed by atoms with Gasteiger partial charge in [0.25, 0.3) is 0 Å². The van der Waals surface area contributed by atoms with Crippen molar-refractivity contribution in [1.29, 1.82) is 0 Å². The van der Waals surface area contributed by atoms with Crippen molar-refractivity contribution < 1.29 is 56.7 Å². The molecule has 0 atom stereocenters. The molecular weight excluding hydrogens is 796 g/mol. The summed E-state index contributed by atoms with van der Waals surface area (Å²) >= 11 is 0. The van der Waals surface area contributed by atoms with Crippen molar-refractivity contribution in [2.75, 3.05) is 39.3 Å². The zero-order chi connectivity index (χ0) is 29.3. The first-order valence-corrected chi connectivity index (χ1v) is 15.2. The molecule has 0 aromatic rings. The Morgan fingerprint density at radius 1 is 0.459 bits per heavy atom. The first-order valence-electron chi connectivity index (χ1n) is 15.2. The number of carbonyl (C=O) groups is 1. The standard InChI is InChI=1S/2C6H15N.2C6H14.C4H8.C3H8.CH2O.2W/c2*1-4-7(5-2)6-3;2*1-5-6(2,3)4;1-2-4-3-1;1-3-2;1-2;;/h2*4-6H2,1-3H3;2*5H2,1-4H3;1-4H2;3H2,1-2H3;1H2;;/p+2. The van der Waals surface area contributed by atoms with Gasteiger partial charge in [0.2, 0.25) is 0 Å². The third kappa shape index (κ3) is 85.7. The van der Waals surface area contributed by atoms with Crippen LogP contribution in [0.4, 0.5) is 0 Å². The van der Waals surface area contributed by atoms with Gasteiger partial charge in [-0.3, -0.25) is 0 Å². The van der Waals surface area contributed by atoms with E-state index in [2.05, 4.69) is 111 Å². The number of hydrogen-bond donors (Lipinski definition) is 2. The molecule has 0 bridgehead atoms. The number of nitrogens with one attached hydrogen (secondary N) is 2. The zero-order valence-corrected chi connectivity index (χ0v) is 35.0. The fourth-order valence-electron chi connectivity index (χ4n) is 1.75. The van der Waals surface area contributed by atoms with Crippen molar-refractivity contribution in [3.8, 4) is 0 Å². The summed E-state index contributed by atoms with van der Waals surface area (Å²) in [6, 6.07) is 0. The molecule has 0 amide bonds. The molecule has 37 heavy (non-hydrogen) atoms. The SMILES string of the molecule is C1CCC1.C=O.CCC.CCC(C)(C)C.CCC(C)(C)C.CC[NH+](CC)CC.CC[NH+](CC)CC.[W].[W]. The molecule has 1 aliphatic carbocycles. The van der Waals surface area contributed by atoms with Gasteiger partial charge in [-0.2, -0.15) is 0 Å². The Morgan fingerprint density at radius 2 is 0.568 bits per heavy atom. The topological polar surface area (TPSA) is 26.0 Å². The van der Waals surface area contributed by atoms with Crippen molar-refractivity contribution in [3.05, 3.63) is 0 Å². The first kappa shape index (κ1) is 57.8. The second-order valence-corrected chi connectivity index (χ2v) is 11.6. The van der Waals surface area contributed by atoms with Crippen LogP contribution in [0, 0.1) is 10.8 Å². The van der Waals surface area contributed by atoms with Crippen molar-refractivity contribution in [2.45, 2.75) is 156 Å². The van der Waals surface area contributed by atoms with Crippen molar-refractivity contribution in [2.24, 2.45) is 10.8 Å². The molecule has 1 fully saturated rings. The van der Waals surface area contributed by atoms with Gasteiger partial charge >= 0.3 is 0 Å². The number of rotatable bonds is 6. The summed E-state index contributed by atoms with van der Waals surface area (Å²) in [5, 5.41) is 0. The molecule has 0 aromatic heterocycles. The summed E-state index contributed by atoms with van der Waals surface area (Å²) in [7, 11) is 0. The largest absolute Gasteiger partial charge is 0.336 e. The third-order valence-electron chi connectivity index (χ3n) is 6.12. The minimum Gasteiger partial charge on any atom is -0.336 e. The smallest absolute Gasteiger partial charge is 0.106 e. The van der Waals surface area contributed by atoms with Gasteiger partial charge in [0.15, 0.2) is 0 Å². The predicted octanol–water partition coefficient (Wildman–Crippen LogP) is 7.53. The minimum atomic E-state index is 0. The molecule has 5 heteroatoms. The van der Waals surface area contributed by atoms with Gasteiger partial charge in [-0.05, 0) is 52.4 Å². The Kier molecular flexibility index (Phi) is 73.1. The normalized spacial score (nSPS) is 11.0. The molecular formula is C32H78N2OW2+2. The van der Waals surface area contributed by atoms with E-state index < -0.39 is 0 Å². The van der Waals surface area contributed by atoms with Gasteiger partial charge in [-0.15, -0.1) is 0 Å². The van der Waals surface area contributed by atoms with Gasteiger partial charge in [-0.25, -0.2) is 0 Å².